The fraction of sp³-hybridized carbons (Fsp3) is 0.857. The lowest BCUT2D eigenvalue weighted by molar-refractivity contribution is -0.124. The Kier molecular flexibility index (Phi) is 5.63. The predicted molar refractivity (Wildman–Crippen MR) is 73.8 cm³/mol. The Morgan fingerprint density at radius 2 is 1.84 bits per heavy atom. The quantitative estimate of drug-likeness (QED) is 0.823. The number of amides is 2. The highest BCUT2D eigenvalue weighted by Crippen LogP contribution is 2.24. The van der Waals surface area contributed by atoms with Gasteiger partial charge in [-0.05, 0) is 40.5 Å². The highest BCUT2D eigenvalue weighted by molar-refractivity contribution is 5.79. The van der Waals surface area contributed by atoms with Crippen LogP contribution in [0.25, 0.3) is 0 Å². The Morgan fingerprint density at radius 3 is 2.37 bits per heavy atom. The summed E-state index contributed by atoms with van der Waals surface area (Å²) in [5.41, 5.74) is -0.503. The highest BCUT2D eigenvalue weighted by atomic mass is 16.6. The second-order valence-electron chi connectivity index (χ2n) is 6.27. The molecule has 1 rings (SSSR count). The molecule has 0 aromatic rings. The number of hydrogen-bond donors (Lipinski definition) is 2. The van der Waals surface area contributed by atoms with Crippen LogP contribution >= 0.6 is 0 Å². The third kappa shape index (κ3) is 6.45. The molecule has 0 saturated heterocycles. The minimum Gasteiger partial charge on any atom is -0.444 e. The molecule has 0 bridgehead atoms. The van der Waals surface area contributed by atoms with Crippen molar-refractivity contribution in [1.29, 1.82) is 0 Å². The second kappa shape index (κ2) is 6.78. The molecule has 1 fully saturated rings. The minimum absolute atomic E-state index is 0.107. The van der Waals surface area contributed by atoms with Gasteiger partial charge >= 0.3 is 6.09 Å². The Bertz CT molecular complexity index is 317. The fourth-order valence-electron chi connectivity index (χ4n) is 2.15. The van der Waals surface area contributed by atoms with Crippen molar-refractivity contribution in [2.75, 3.05) is 6.54 Å². The summed E-state index contributed by atoms with van der Waals surface area (Å²) in [7, 11) is 0. The lowest BCUT2D eigenvalue weighted by Gasteiger charge is -2.22. The van der Waals surface area contributed by atoms with E-state index >= 15 is 0 Å². The largest absolute Gasteiger partial charge is 0.444 e. The summed E-state index contributed by atoms with van der Waals surface area (Å²) in [5.74, 6) is 0.268. The van der Waals surface area contributed by atoms with E-state index in [4.69, 9.17) is 4.74 Å². The van der Waals surface area contributed by atoms with Gasteiger partial charge in [-0.3, -0.25) is 4.79 Å². The first-order valence-electron chi connectivity index (χ1n) is 7.05. The van der Waals surface area contributed by atoms with Crippen LogP contribution in [0.1, 0.15) is 53.4 Å². The monoisotopic (exact) mass is 270 g/mol. The average Bonchev–Trinajstić information content (AvgIpc) is 2.76. The molecule has 2 amide bonds. The van der Waals surface area contributed by atoms with Gasteiger partial charge in [0.15, 0.2) is 0 Å². The molecule has 0 heterocycles. The van der Waals surface area contributed by atoms with Crippen molar-refractivity contribution in [1.82, 2.24) is 10.6 Å². The van der Waals surface area contributed by atoms with Gasteiger partial charge in [-0.25, -0.2) is 4.79 Å². The molecule has 1 aliphatic carbocycles. The first kappa shape index (κ1) is 15.8. The summed E-state index contributed by atoms with van der Waals surface area (Å²) in [6.07, 6.45) is 3.81. The molecular formula is C14H26N2O3. The van der Waals surface area contributed by atoms with Crippen molar-refractivity contribution >= 4 is 12.0 Å². The van der Waals surface area contributed by atoms with Gasteiger partial charge in [0.2, 0.25) is 5.91 Å². The Balaban J connectivity index is 2.21. The van der Waals surface area contributed by atoms with Gasteiger partial charge in [-0.1, -0.05) is 12.8 Å². The fourth-order valence-corrected chi connectivity index (χ4v) is 2.15. The van der Waals surface area contributed by atoms with E-state index in [1.165, 1.54) is 0 Å². The van der Waals surface area contributed by atoms with Gasteiger partial charge in [0.1, 0.15) is 5.60 Å². The third-order valence-electron chi connectivity index (χ3n) is 3.07. The molecule has 1 aliphatic rings. The first-order chi connectivity index (χ1) is 8.78. The molecule has 0 spiro atoms. The predicted octanol–water partition coefficient (Wildman–Crippen LogP) is 2.21. The van der Waals surface area contributed by atoms with E-state index in [0.717, 1.165) is 25.7 Å². The topological polar surface area (TPSA) is 67.4 Å². The van der Waals surface area contributed by atoms with Crippen molar-refractivity contribution in [3.63, 3.8) is 0 Å². The zero-order valence-electron chi connectivity index (χ0n) is 12.4. The Labute approximate surface area is 115 Å². The van der Waals surface area contributed by atoms with Crippen LogP contribution in [0.15, 0.2) is 0 Å². The Morgan fingerprint density at radius 1 is 1.26 bits per heavy atom. The molecular weight excluding hydrogens is 244 g/mol. The molecule has 0 radical (unpaired) electrons. The van der Waals surface area contributed by atoms with E-state index in [9.17, 15) is 9.59 Å². The van der Waals surface area contributed by atoms with E-state index in [-0.39, 0.29) is 17.9 Å². The molecule has 1 unspecified atom stereocenters. The number of alkyl carbamates (subject to hydrolysis) is 1. The minimum atomic E-state index is -0.503. The SMILES string of the molecule is CC(CNC(=O)C1CCCC1)NC(=O)OC(C)(C)C. The van der Waals surface area contributed by atoms with Crippen LogP contribution in [0.5, 0.6) is 0 Å². The Hall–Kier alpha value is -1.26. The average molecular weight is 270 g/mol. The molecule has 0 aliphatic heterocycles. The van der Waals surface area contributed by atoms with Crippen LogP contribution in [-0.2, 0) is 9.53 Å². The third-order valence-corrected chi connectivity index (χ3v) is 3.07. The number of rotatable bonds is 4. The lowest BCUT2D eigenvalue weighted by Crippen LogP contribution is -2.44. The number of nitrogens with one attached hydrogen (secondary N) is 2. The normalized spacial score (nSPS) is 17.9. The van der Waals surface area contributed by atoms with E-state index in [1.807, 2.05) is 27.7 Å². The summed E-state index contributed by atoms with van der Waals surface area (Å²) in [5, 5.41) is 5.59. The molecule has 0 aromatic heterocycles. The zero-order valence-corrected chi connectivity index (χ0v) is 12.4. The maximum Gasteiger partial charge on any atom is 0.407 e. The number of hydrogen-bond acceptors (Lipinski definition) is 3. The highest BCUT2D eigenvalue weighted by Gasteiger charge is 2.23. The summed E-state index contributed by atoms with van der Waals surface area (Å²) in [4.78, 5) is 23.3. The van der Waals surface area contributed by atoms with Gasteiger partial charge in [0.25, 0.3) is 0 Å². The molecule has 110 valence electrons. The first-order valence-corrected chi connectivity index (χ1v) is 7.05. The molecule has 1 saturated carbocycles. The number of carbonyl (C=O) groups excluding carboxylic acids is 2. The van der Waals surface area contributed by atoms with Crippen molar-refractivity contribution in [2.45, 2.75) is 65.0 Å². The van der Waals surface area contributed by atoms with Crippen LogP contribution in [0.3, 0.4) is 0 Å². The van der Waals surface area contributed by atoms with Crippen molar-refractivity contribution in [3.05, 3.63) is 0 Å². The smallest absolute Gasteiger partial charge is 0.407 e. The zero-order chi connectivity index (χ0) is 14.5. The summed E-state index contributed by atoms with van der Waals surface area (Å²) in [6, 6.07) is -0.139. The van der Waals surface area contributed by atoms with E-state index in [1.54, 1.807) is 0 Å². The summed E-state index contributed by atoms with van der Waals surface area (Å²) in [6.45, 7) is 7.74. The van der Waals surface area contributed by atoms with Gasteiger partial charge < -0.3 is 15.4 Å². The number of ether oxygens (including phenoxy) is 1. The molecule has 1 atom stereocenters. The molecule has 19 heavy (non-hydrogen) atoms. The van der Waals surface area contributed by atoms with Gasteiger partial charge in [-0.2, -0.15) is 0 Å². The van der Waals surface area contributed by atoms with Crippen LogP contribution in [-0.4, -0.2) is 30.2 Å². The van der Waals surface area contributed by atoms with E-state index in [2.05, 4.69) is 10.6 Å². The second-order valence-corrected chi connectivity index (χ2v) is 6.27. The molecule has 2 N–H and O–H groups in total. The van der Waals surface area contributed by atoms with Crippen LogP contribution in [0.4, 0.5) is 4.79 Å². The van der Waals surface area contributed by atoms with Crippen LogP contribution in [0, 0.1) is 5.92 Å². The van der Waals surface area contributed by atoms with Crippen LogP contribution < -0.4 is 10.6 Å². The molecule has 0 aromatic carbocycles. The maximum absolute atomic E-state index is 11.8. The van der Waals surface area contributed by atoms with Gasteiger partial charge in [0, 0.05) is 18.5 Å². The van der Waals surface area contributed by atoms with Crippen molar-refractivity contribution in [3.8, 4) is 0 Å². The molecule has 5 heteroatoms. The maximum atomic E-state index is 11.8. The van der Waals surface area contributed by atoms with Gasteiger partial charge in [0.05, 0.1) is 0 Å². The number of carbonyl (C=O) groups is 2. The lowest BCUT2D eigenvalue weighted by atomic mass is 10.1. The van der Waals surface area contributed by atoms with Crippen molar-refractivity contribution in [2.24, 2.45) is 5.92 Å². The standard InChI is InChI=1S/C14H26N2O3/c1-10(16-13(18)19-14(2,3)4)9-15-12(17)11-7-5-6-8-11/h10-11H,5-9H2,1-4H3,(H,15,17)(H,16,18). The van der Waals surface area contributed by atoms with E-state index < -0.39 is 11.7 Å². The molecule has 5 nitrogen and oxygen atoms in total. The van der Waals surface area contributed by atoms with E-state index in [0.29, 0.717) is 6.54 Å². The summed E-state index contributed by atoms with van der Waals surface area (Å²) < 4.78 is 5.15. The van der Waals surface area contributed by atoms with Crippen molar-refractivity contribution < 1.29 is 14.3 Å². The van der Waals surface area contributed by atoms with Gasteiger partial charge in [-0.15, -0.1) is 0 Å². The van der Waals surface area contributed by atoms with Crippen LogP contribution in [0.2, 0.25) is 0 Å². The summed E-state index contributed by atoms with van der Waals surface area (Å²) >= 11 is 0.